The molecule has 0 bridgehead atoms. The molecule has 0 aliphatic carbocycles. The van der Waals surface area contributed by atoms with Crippen LogP contribution >= 0.6 is 0 Å². The minimum atomic E-state index is -4.85. The maximum Gasteiger partial charge on any atom is 0.573 e. The topological polar surface area (TPSA) is 88.8 Å². The number of nitrogens with zero attached hydrogens (tertiary/aromatic N) is 1. The van der Waals surface area contributed by atoms with Crippen molar-refractivity contribution in [2.24, 2.45) is 0 Å². The molecule has 0 radical (unpaired) electrons. The van der Waals surface area contributed by atoms with Crippen molar-refractivity contribution >= 4 is 22.8 Å². The first-order valence-electron chi connectivity index (χ1n) is 9.87. The van der Waals surface area contributed by atoms with Crippen molar-refractivity contribution in [1.29, 1.82) is 0 Å². The molecule has 2 N–H and O–H groups in total. The highest BCUT2D eigenvalue weighted by Crippen LogP contribution is 2.40. The Labute approximate surface area is 181 Å². The molecule has 3 rings (SSSR count). The molecule has 0 unspecified atom stereocenters. The number of phenols is 1. The van der Waals surface area contributed by atoms with Gasteiger partial charge in [-0.1, -0.05) is 13.3 Å². The molecule has 2 aromatic carbocycles. The van der Waals surface area contributed by atoms with E-state index in [-0.39, 0.29) is 11.3 Å². The zero-order valence-corrected chi connectivity index (χ0v) is 17.7. The third-order valence-corrected chi connectivity index (χ3v) is 5.50. The van der Waals surface area contributed by atoms with Crippen molar-refractivity contribution in [3.05, 3.63) is 59.3 Å². The van der Waals surface area contributed by atoms with E-state index in [1.807, 2.05) is 6.92 Å². The number of hydrogen-bond acceptors (Lipinski definition) is 4. The summed E-state index contributed by atoms with van der Waals surface area (Å²) in [7, 11) is 0. The Morgan fingerprint density at radius 2 is 1.72 bits per heavy atom. The third kappa shape index (κ3) is 4.15. The highest BCUT2D eigenvalue weighted by molar-refractivity contribution is 6.05. The fourth-order valence-corrected chi connectivity index (χ4v) is 4.13. The molecule has 170 valence electrons. The quantitative estimate of drug-likeness (QED) is 0.527. The molecule has 1 aromatic heterocycles. The fourth-order valence-electron chi connectivity index (χ4n) is 4.13. The first-order chi connectivity index (χ1) is 14.9. The summed E-state index contributed by atoms with van der Waals surface area (Å²) in [6.45, 7) is 5.04. The number of hydrogen-bond donors (Lipinski definition) is 2. The molecule has 0 fully saturated rings. The molecule has 6 nitrogen and oxygen atoms in total. The number of carbonyl (C=O) groups is 2. The largest absolute Gasteiger partial charge is 0.573 e. The van der Waals surface area contributed by atoms with Gasteiger partial charge in [-0.25, -0.2) is 0 Å². The van der Waals surface area contributed by atoms with Gasteiger partial charge in [0.15, 0.2) is 0 Å². The van der Waals surface area contributed by atoms with Crippen LogP contribution in [0.25, 0.3) is 10.9 Å². The fraction of sp³-hybridized carbons (Fsp3) is 0.304. The molecule has 3 aromatic rings. The van der Waals surface area contributed by atoms with Gasteiger partial charge in [0, 0.05) is 16.6 Å². The smallest absolute Gasteiger partial charge is 0.508 e. The number of aromatic hydroxyl groups is 1. The second-order valence-corrected chi connectivity index (χ2v) is 7.76. The number of fused-ring (bicyclic) bond motifs is 1. The number of rotatable bonds is 6. The summed E-state index contributed by atoms with van der Waals surface area (Å²) in [4.78, 5) is 25.6. The Kier molecular flexibility index (Phi) is 5.95. The van der Waals surface area contributed by atoms with Crippen LogP contribution in [-0.2, 0) is 10.2 Å². The van der Waals surface area contributed by atoms with Gasteiger partial charge in [0.05, 0.1) is 10.9 Å². The summed E-state index contributed by atoms with van der Waals surface area (Å²) in [6.07, 6.45) is -3.98. The van der Waals surface area contributed by atoms with Crippen LogP contribution in [0.2, 0.25) is 0 Å². The van der Waals surface area contributed by atoms with Crippen LogP contribution in [0.5, 0.6) is 11.5 Å². The lowest BCUT2D eigenvalue weighted by atomic mass is 9.77. The van der Waals surface area contributed by atoms with Crippen LogP contribution in [0, 0.1) is 6.92 Å². The van der Waals surface area contributed by atoms with Crippen molar-refractivity contribution in [3.63, 3.8) is 0 Å². The molecule has 1 heterocycles. The zero-order valence-electron chi connectivity index (χ0n) is 17.7. The van der Waals surface area contributed by atoms with Crippen LogP contribution in [-0.4, -0.2) is 33.0 Å². The minimum Gasteiger partial charge on any atom is -0.508 e. The molecule has 0 spiro atoms. The second-order valence-electron chi connectivity index (χ2n) is 7.76. The maximum atomic E-state index is 13.3. The molecule has 32 heavy (non-hydrogen) atoms. The van der Waals surface area contributed by atoms with E-state index in [0.717, 1.165) is 12.1 Å². The van der Waals surface area contributed by atoms with Gasteiger partial charge in [0.1, 0.15) is 11.5 Å². The van der Waals surface area contributed by atoms with E-state index in [9.17, 15) is 33.0 Å². The lowest BCUT2D eigenvalue weighted by Gasteiger charge is -2.25. The number of aromatic nitrogens is 1. The monoisotopic (exact) mass is 449 g/mol. The Hall–Kier alpha value is -3.49. The van der Waals surface area contributed by atoms with Crippen LogP contribution in [0.4, 0.5) is 13.2 Å². The number of alkyl halides is 3. The summed E-state index contributed by atoms with van der Waals surface area (Å²) in [5, 5.41) is 20.4. The highest BCUT2D eigenvalue weighted by Gasteiger charge is 2.39. The third-order valence-electron chi connectivity index (χ3n) is 5.50. The predicted octanol–water partition coefficient (Wildman–Crippen LogP) is 5.38. The van der Waals surface area contributed by atoms with Gasteiger partial charge >= 0.3 is 12.3 Å². The molecule has 0 saturated heterocycles. The van der Waals surface area contributed by atoms with Gasteiger partial charge in [-0.2, -0.15) is 0 Å². The lowest BCUT2D eigenvalue weighted by molar-refractivity contribution is -0.274. The average molecular weight is 449 g/mol. The van der Waals surface area contributed by atoms with Gasteiger partial charge in [0.2, 0.25) is 0 Å². The predicted molar refractivity (Wildman–Crippen MR) is 111 cm³/mol. The first kappa shape index (κ1) is 23.2. The summed E-state index contributed by atoms with van der Waals surface area (Å²) in [6, 6.07) is 8.79. The molecule has 0 aliphatic heterocycles. The normalized spacial score (nSPS) is 13.7. The van der Waals surface area contributed by atoms with Gasteiger partial charge in [-0.3, -0.25) is 14.2 Å². The zero-order chi connectivity index (χ0) is 23.8. The van der Waals surface area contributed by atoms with Crippen LogP contribution in [0.1, 0.15) is 48.3 Å². The molecular weight excluding hydrogens is 427 g/mol. The average Bonchev–Trinajstić information content (AvgIpc) is 2.98. The Morgan fingerprint density at radius 1 is 1.09 bits per heavy atom. The van der Waals surface area contributed by atoms with Crippen LogP contribution < -0.4 is 4.74 Å². The van der Waals surface area contributed by atoms with Gasteiger partial charge in [-0.05, 0) is 68.3 Å². The number of aliphatic carboxylic acids is 1. The number of carboxylic acid groups (broad SMARTS) is 1. The number of carbonyl (C=O) groups excluding carboxylic acids is 1. The Morgan fingerprint density at radius 3 is 2.25 bits per heavy atom. The summed E-state index contributed by atoms with van der Waals surface area (Å²) < 4.78 is 42.4. The minimum absolute atomic E-state index is 0.0822. The van der Waals surface area contributed by atoms with Gasteiger partial charge in [-0.15, -0.1) is 13.2 Å². The standard InChI is InChI=1S/C23H22F3NO5/c1-4-11-22(3,21(30)31)19-13(2)27(18-10-7-15(28)12-17(18)19)20(29)14-5-8-16(9-6-14)32-23(24,25)26/h5-10,12,28H,4,11H2,1-3H3,(H,30,31)/t22-/m1/s1. The molecule has 0 amide bonds. The first-order valence-corrected chi connectivity index (χ1v) is 9.87. The van der Waals surface area contributed by atoms with Gasteiger partial charge in [0.25, 0.3) is 5.91 Å². The number of ether oxygens (including phenoxy) is 1. The van der Waals surface area contributed by atoms with E-state index < -0.39 is 29.4 Å². The van der Waals surface area contributed by atoms with Crippen molar-refractivity contribution < 1.29 is 37.7 Å². The molecule has 0 aliphatic rings. The number of phenolic OH excluding ortho intramolecular Hbond substituents is 1. The van der Waals surface area contributed by atoms with E-state index in [4.69, 9.17) is 0 Å². The summed E-state index contributed by atoms with van der Waals surface area (Å²) >= 11 is 0. The second kappa shape index (κ2) is 8.22. The Balaban J connectivity index is 2.18. The van der Waals surface area contributed by atoms with E-state index in [1.54, 1.807) is 13.8 Å². The van der Waals surface area contributed by atoms with Crippen LogP contribution in [0.15, 0.2) is 42.5 Å². The summed E-state index contributed by atoms with van der Waals surface area (Å²) in [5.41, 5.74) is -0.0558. The number of carboxylic acids is 1. The number of benzene rings is 2. The Bertz CT molecular complexity index is 1180. The van der Waals surface area contributed by atoms with Crippen molar-refractivity contribution in [2.75, 3.05) is 0 Å². The van der Waals surface area contributed by atoms with Crippen molar-refractivity contribution in [1.82, 2.24) is 4.57 Å². The SMILES string of the molecule is CCC[C@@](C)(C(=O)O)c1c(C)n(C(=O)c2ccc(OC(F)(F)F)cc2)c2ccc(O)cc12. The molecule has 0 saturated carbocycles. The van der Waals surface area contributed by atoms with Crippen molar-refractivity contribution in [2.45, 2.75) is 45.4 Å². The maximum absolute atomic E-state index is 13.3. The summed E-state index contributed by atoms with van der Waals surface area (Å²) in [5.74, 6) is -2.16. The van der Waals surface area contributed by atoms with E-state index >= 15 is 0 Å². The molecule has 9 heteroatoms. The van der Waals surface area contributed by atoms with E-state index in [2.05, 4.69) is 4.74 Å². The van der Waals surface area contributed by atoms with Gasteiger partial charge < -0.3 is 14.9 Å². The lowest BCUT2D eigenvalue weighted by Crippen LogP contribution is -2.33. The van der Waals surface area contributed by atoms with Crippen molar-refractivity contribution in [3.8, 4) is 11.5 Å². The van der Waals surface area contributed by atoms with Crippen LogP contribution in [0.3, 0.4) is 0 Å². The van der Waals surface area contributed by atoms with E-state index in [1.165, 1.54) is 34.9 Å². The molecular formula is C23H22F3NO5. The van der Waals surface area contributed by atoms with E-state index in [0.29, 0.717) is 35.0 Å². The number of halogens is 3. The highest BCUT2D eigenvalue weighted by atomic mass is 19.4. The molecule has 1 atom stereocenters.